The van der Waals surface area contributed by atoms with Crippen LogP contribution < -0.4 is 5.32 Å². The highest BCUT2D eigenvalue weighted by Crippen LogP contribution is 1.85. The maximum Gasteiger partial charge on any atom is 0.325 e. The topological polar surface area (TPSA) is 83.5 Å². The minimum atomic E-state index is -1.16. The van der Waals surface area contributed by atoms with E-state index in [9.17, 15) is 14.4 Å². The van der Waals surface area contributed by atoms with E-state index >= 15 is 0 Å². The summed E-state index contributed by atoms with van der Waals surface area (Å²) in [7, 11) is 0. The third kappa shape index (κ3) is 3.14. The lowest BCUT2D eigenvalue weighted by Crippen LogP contribution is -2.41. The van der Waals surface area contributed by atoms with Crippen molar-refractivity contribution >= 4 is 17.7 Å². The predicted molar refractivity (Wildman–Crippen MR) is 40.5 cm³/mol. The molecule has 1 atom stereocenters. The highest BCUT2D eigenvalue weighted by molar-refractivity contribution is 6.36. The molecule has 0 aromatic rings. The second-order valence-corrected chi connectivity index (χ2v) is 2.31. The first kappa shape index (κ1) is 10.6. The Labute approximate surface area is 69.8 Å². The van der Waals surface area contributed by atoms with Gasteiger partial charge in [-0.15, -0.1) is 0 Å². The average molecular weight is 173 g/mol. The van der Waals surface area contributed by atoms with Crippen molar-refractivity contribution in [2.24, 2.45) is 0 Å². The van der Waals surface area contributed by atoms with E-state index in [1.54, 1.807) is 0 Å². The van der Waals surface area contributed by atoms with Crippen LogP contribution in [-0.2, 0) is 14.4 Å². The number of aliphatic carboxylic acids is 1. The van der Waals surface area contributed by atoms with E-state index in [1.165, 1.54) is 13.8 Å². The molecular weight excluding hydrogens is 162 g/mol. The van der Waals surface area contributed by atoms with Crippen molar-refractivity contribution in [3.05, 3.63) is 0 Å². The van der Waals surface area contributed by atoms with Gasteiger partial charge in [-0.05, 0) is 6.92 Å². The van der Waals surface area contributed by atoms with E-state index in [-0.39, 0.29) is 6.42 Å². The summed E-state index contributed by atoms with van der Waals surface area (Å²) in [5.41, 5.74) is 0. The summed E-state index contributed by atoms with van der Waals surface area (Å²) in [4.78, 5) is 31.6. The molecule has 1 amide bonds. The summed E-state index contributed by atoms with van der Waals surface area (Å²) >= 11 is 0. The quantitative estimate of drug-likeness (QED) is 0.564. The molecule has 0 aliphatic rings. The predicted octanol–water partition coefficient (Wildman–Crippen LogP) is -0.445. The molecule has 0 bridgehead atoms. The van der Waals surface area contributed by atoms with Crippen LogP contribution in [0.25, 0.3) is 0 Å². The molecule has 5 heteroatoms. The fraction of sp³-hybridized carbons (Fsp3) is 0.571. The third-order valence-corrected chi connectivity index (χ3v) is 1.29. The Morgan fingerprint density at radius 2 is 1.92 bits per heavy atom. The number of hydrogen-bond donors (Lipinski definition) is 2. The number of Topliss-reactive ketones (excluding diaryl/α,β-unsaturated/α-hetero) is 1. The highest BCUT2D eigenvalue weighted by atomic mass is 16.4. The molecule has 0 aliphatic carbocycles. The van der Waals surface area contributed by atoms with E-state index in [2.05, 4.69) is 0 Å². The van der Waals surface area contributed by atoms with E-state index < -0.39 is 23.7 Å². The van der Waals surface area contributed by atoms with Crippen molar-refractivity contribution in [3.8, 4) is 0 Å². The van der Waals surface area contributed by atoms with Crippen molar-refractivity contribution in [2.45, 2.75) is 26.3 Å². The van der Waals surface area contributed by atoms with Gasteiger partial charge in [0, 0.05) is 6.42 Å². The molecule has 0 rings (SSSR count). The largest absolute Gasteiger partial charge is 0.480 e. The molecule has 1 unspecified atom stereocenters. The van der Waals surface area contributed by atoms with Crippen molar-refractivity contribution < 1.29 is 19.5 Å². The molecule has 0 saturated heterocycles. The van der Waals surface area contributed by atoms with Crippen molar-refractivity contribution in [2.75, 3.05) is 0 Å². The van der Waals surface area contributed by atoms with Crippen LogP contribution in [-0.4, -0.2) is 28.8 Å². The monoisotopic (exact) mass is 173 g/mol. The van der Waals surface area contributed by atoms with Crippen molar-refractivity contribution in [3.63, 3.8) is 0 Å². The smallest absolute Gasteiger partial charge is 0.325 e. The zero-order chi connectivity index (χ0) is 9.72. The molecule has 0 aromatic carbocycles. The van der Waals surface area contributed by atoms with Crippen LogP contribution in [0.3, 0.4) is 0 Å². The van der Waals surface area contributed by atoms with Crippen LogP contribution in [0.5, 0.6) is 0 Å². The summed E-state index contributed by atoms with van der Waals surface area (Å²) < 4.78 is 0. The van der Waals surface area contributed by atoms with Gasteiger partial charge in [0.05, 0.1) is 0 Å². The summed E-state index contributed by atoms with van der Waals surface area (Å²) in [5, 5.41) is 10.4. The Kier molecular flexibility index (Phi) is 3.96. The lowest BCUT2D eigenvalue weighted by atomic mass is 10.2. The zero-order valence-electron chi connectivity index (χ0n) is 6.96. The number of ketones is 1. The number of hydrogen-bond acceptors (Lipinski definition) is 3. The van der Waals surface area contributed by atoms with E-state index in [0.29, 0.717) is 0 Å². The van der Waals surface area contributed by atoms with Crippen LogP contribution in [0.2, 0.25) is 0 Å². The number of carboxylic acids is 1. The number of carboxylic acid groups (broad SMARTS) is 1. The highest BCUT2D eigenvalue weighted by Gasteiger charge is 2.17. The zero-order valence-corrected chi connectivity index (χ0v) is 6.96. The van der Waals surface area contributed by atoms with Crippen LogP contribution in [0, 0.1) is 0 Å². The van der Waals surface area contributed by atoms with Gasteiger partial charge >= 0.3 is 5.97 Å². The number of carbonyl (C=O) groups excluding carboxylic acids is 2. The van der Waals surface area contributed by atoms with E-state index in [1.807, 2.05) is 5.32 Å². The Morgan fingerprint density at radius 1 is 1.42 bits per heavy atom. The van der Waals surface area contributed by atoms with Crippen LogP contribution in [0.4, 0.5) is 0 Å². The van der Waals surface area contributed by atoms with Gasteiger partial charge in [0.1, 0.15) is 6.04 Å². The number of amides is 1. The summed E-state index contributed by atoms with van der Waals surface area (Å²) in [6, 6.07) is -1.02. The molecule has 0 fully saturated rings. The maximum absolute atomic E-state index is 10.8. The molecule has 0 saturated carbocycles. The maximum atomic E-state index is 10.8. The standard InChI is InChI=1S/C7H11NO4/c1-3-5(9)6(10)8-4(2)7(11)12/h4H,3H2,1-2H3,(H,8,10)(H,11,12). The molecule has 5 nitrogen and oxygen atoms in total. The van der Waals surface area contributed by atoms with E-state index in [0.717, 1.165) is 0 Å². The summed E-state index contributed by atoms with van der Waals surface area (Å²) in [6.45, 7) is 2.83. The fourth-order valence-electron chi connectivity index (χ4n) is 0.499. The first-order chi connectivity index (χ1) is 5.49. The normalized spacial score (nSPS) is 11.8. The summed E-state index contributed by atoms with van der Waals surface area (Å²) in [5.74, 6) is -2.61. The molecule has 0 aliphatic heterocycles. The first-order valence-electron chi connectivity index (χ1n) is 3.55. The van der Waals surface area contributed by atoms with Gasteiger partial charge < -0.3 is 10.4 Å². The van der Waals surface area contributed by atoms with Gasteiger partial charge in [0.15, 0.2) is 0 Å². The first-order valence-corrected chi connectivity index (χ1v) is 3.55. The Bertz CT molecular complexity index is 211. The lowest BCUT2D eigenvalue weighted by Gasteiger charge is -2.06. The third-order valence-electron chi connectivity index (χ3n) is 1.29. The molecule has 0 aromatic heterocycles. The van der Waals surface area contributed by atoms with Crippen LogP contribution in [0.1, 0.15) is 20.3 Å². The molecule has 68 valence electrons. The SMILES string of the molecule is CCC(=O)C(=O)NC(C)C(=O)O. The van der Waals surface area contributed by atoms with Gasteiger partial charge in [-0.2, -0.15) is 0 Å². The van der Waals surface area contributed by atoms with Gasteiger partial charge in [-0.25, -0.2) is 0 Å². The van der Waals surface area contributed by atoms with Crippen molar-refractivity contribution in [1.29, 1.82) is 0 Å². The van der Waals surface area contributed by atoms with Gasteiger partial charge in [0.25, 0.3) is 5.91 Å². The van der Waals surface area contributed by atoms with Crippen LogP contribution >= 0.6 is 0 Å². The molecule has 0 radical (unpaired) electrons. The minimum Gasteiger partial charge on any atom is -0.480 e. The molecule has 0 heterocycles. The van der Waals surface area contributed by atoms with Crippen LogP contribution in [0.15, 0.2) is 0 Å². The number of carbonyl (C=O) groups is 3. The summed E-state index contributed by atoms with van der Waals surface area (Å²) in [6.07, 6.45) is 0.0815. The molecular formula is C7H11NO4. The Morgan fingerprint density at radius 3 is 2.25 bits per heavy atom. The molecule has 2 N–H and O–H groups in total. The van der Waals surface area contributed by atoms with E-state index in [4.69, 9.17) is 5.11 Å². The lowest BCUT2D eigenvalue weighted by molar-refractivity contribution is -0.143. The Hall–Kier alpha value is -1.39. The Balaban J connectivity index is 4.01. The van der Waals surface area contributed by atoms with Crippen molar-refractivity contribution in [1.82, 2.24) is 5.32 Å². The van der Waals surface area contributed by atoms with Gasteiger partial charge in [-0.1, -0.05) is 6.92 Å². The second kappa shape index (κ2) is 4.48. The second-order valence-electron chi connectivity index (χ2n) is 2.31. The molecule has 0 spiro atoms. The fourth-order valence-corrected chi connectivity index (χ4v) is 0.499. The number of nitrogens with one attached hydrogen (secondary N) is 1. The number of rotatable bonds is 4. The molecule has 12 heavy (non-hydrogen) atoms. The minimum absolute atomic E-state index is 0.0815. The van der Waals surface area contributed by atoms with Gasteiger partial charge in [-0.3, -0.25) is 14.4 Å². The van der Waals surface area contributed by atoms with Gasteiger partial charge in [0.2, 0.25) is 5.78 Å². The average Bonchev–Trinajstić information content (AvgIpc) is 2.02.